The highest BCUT2D eigenvalue weighted by molar-refractivity contribution is 5.85. The van der Waals surface area contributed by atoms with Crippen molar-refractivity contribution in [3.63, 3.8) is 0 Å². The van der Waals surface area contributed by atoms with Gasteiger partial charge in [-0.3, -0.25) is 0 Å². The van der Waals surface area contributed by atoms with Crippen LogP contribution in [0.15, 0.2) is 18.2 Å². The number of hydrogen-bond donors (Lipinski definition) is 1. The summed E-state index contributed by atoms with van der Waals surface area (Å²) in [5, 5.41) is 15.4. The quantitative estimate of drug-likeness (QED) is 0.736. The van der Waals surface area contributed by atoms with Gasteiger partial charge in [0.2, 0.25) is 0 Å². The third-order valence-electron chi connectivity index (χ3n) is 5.90. The summed E-state index contributed by atoms with van der Waals surface area (Å²) < 4.78 is 2.01. The minimum atomic E-state index is 0.282. The molecule has 0 atom stereocenters. The molecule has 1 aliphatic rings. The van der Waals surface area contributed by atoms with Crippen LogP contribution in [0.2, 0.25) is 0 Å². The van der Waals surface area contributed by atoms with Crippen LogP contribution in [-0.4, -0.2) is 32.3 Å². The van der Waals surface area contributed by atoms with Crippen molar-refractivity contribution in [1.29, 1.82) is 0 Å². The monoisotopic (exact) mass is 364 g/mol. The fourth-order valence-corrected chi connectivity index (χ4v) is 4.46. The van der Waals surface area contributed by atoms with Crippen molar-refractivity contribution in [3.8, 4) is 16.9 Å². The van der Waals surface area contributed by atoms with E-state index in [0.717, 1.165) is 59.5 Å². The van der Waals surface area contributed by atoms with Crippen molar-refractivity contribution in [2.24, 2.45) is 0 Å². The second kappa shape index (κ2) is 6.55. The normalized spacial score (nSPS) is 13.8. The summed E-state index contributed by atoms with van der Waals surface area (Å²) in [5.74, 6) is 1.47. The SMILES string of the molecule is CCC(CC)N1CCc2c(C)nc3c(-c4ccc(C)cc4O)c(C)nn3c21. The van der Waals surface area contributed by atoms with Gasteiger partial charge in [0.05, 0.1) is 11.3 Å². The number of hydrogen-bond acceptors (Lipinski definition) is 4. The highest BCUT2D eigenvalue weighted by atomic mass is 16.3. The van der Waals surface area contributed by atoms with E-state index < -0.39 is 0 Å². The second-order valence-corrected chi connectivity index (χ2v) is 7.63. The molecule has 0 saturated heterocycles. The molecule has 1 aromatic carbocycles. The molecule has 0 spiro atoms. The Morgan fingerprint density at radius 2 is 1.85 bits per heavy atom. The lowest BCUT2D eigenvalue weighted by Gasteiger charge is -2.28. The molecule has 0 saturated carbocycles. The molecule has 0 aliphatic carbocycles. The Balaban J connectivity index is 1.99. The van der Waals surface area contributed by atoms with E-state index >= 15 is 0 Å². The summed E-state index contributed by atoms with van der Waals surface area (Å²) in [7, 11) is 0. The van der Waals surface area contributed by atoms with E-state index in [1.54, 1.807) is 6.07 Å². The van der Waals surface area contributed by atoms with Crippen LogP contribution in [0.5, 0.6) is 5.75 Å². The minimum Gasteiger partial charge on any atom is -0.507 e. The van der Waals surface area contributed by atoms with E-state index in [1.165, 1.54) is 11.4 Å². The average molecular weight is 364 g/mol. The van der Waals surface area contributed by atoms with Gasteiger partial charge >= 0.3 is 0 Å². The van der Waals surface area contributed by atoms with Gasteiger partial charge in [0.25, 0.3) is 0 Å². The lowest BCUT2D eigenvalue weighted by Crippen LogP contribution is -2.34. The molecule has 3 aromatic rings. The van der Waals surface area contributed by atoms with Crippen molar-refractivity contribution in [3.05, 3.63) is 40.7 Å². The topological polar surface area (TPSA) is 53.7 Å². The molecule has 27 heavy (non-hydrogen) atoms. The van der Waals surface area contributed by atoms with Gasteiger partial charge in [0.15, 0.2) is 5.65 Å². The Hall–Kier alpha value is -2.56. The average Bonchev–Trinajstić information content (AvgIpc) is 3.19. The van der Waals surface area contributed by atoms with Gasteiger partial charge in [0.1, 0.15) is 11.6 Å². The summed E-state index contributed by atoms with van der Waals surface area (Å²) in [5.41, 5.74) is 6.86. The third-order valence-corrected chi connectivity index (χ3v) is 5.90. The van der Waals surface area contributed by atoms with Crippen molar-refractivity contribution >= 4 is 11.5 Å². The first-order valence-corrected chi connectivity index (χ1v) is 9.91. The summed E-state index contributed by atoms with van der Waals surface area (Å²) >= 11 is 0. The lowest BCUT2D eigenvalue weighted by atomic mass is 10.0. The van der Waals surface area contributed by atoms with Crippen LogP contribution in [0, 0.1) is 20.8 Å². The Labute approximate surface area is 160 Å². The Bertz CT molecular complexity index is 1020. The summed E-state index contributed by atoms with van der Waals surface area (Å²) in [4.78, 5) is 7.42. The second-order valence-electron chi connectivity index (χ2n) is 7.63. The molecule has 0 fully saturated rings. The molecule has 2 aromatic heterocycles. The van der Waals surface area contributed by atoms with Crippen molar-refractivity contribution in [2.75, 3.05) is 11.4 Å². The van der Waals surface area contributed by atoms with E-state index in [-0.39, 0.29) is 5.75 Å². The van der Waals surface area contributed by atoms with Crippen molar-refractivity contribution < 1.29 is 5.11 Å². The zero-order valence-corrected chi connectivity index (χ0v) is 16.9. The number of fused-ring (bicyclic) bond motifs is 3. The van der Waals surface area contributed by atoms with Gasteiger partial charge in [-0.05, 0) is 51.7 Å². The highest BCUT2D eigenvalue weighted by Crippen LogP contribution is 2.39. The Morgan fingerprint density at radius 1 is 1.11 bits per heavy atom. The maximum Gasteiger partial charge on any atom is 0.165 e. The number of benzene rings is 1. The number of phenols is 1. The number of aromatic hydroxyl groups is 1. The Morgan fingerprint density at radius 3 is 2.52 bits per heavy atom. The molecule has 5 heteroatoms. The van der Waals surface area contributed by atoms with Gasteiger partial charge in [-0.25, -0.2) is 4.98 Å². The fraction of sp³-hybridized carbons (Fsp3) is 0.455. The van der Waals surface area contributed by atoms with Crippen LogP contribution >= 0.6 is 0 Å². The van der Waals surface area contributed by atoms with Gasteiger partial charge < -0.3 is 10.0 Å². The molecular weight excluding hydrogens is 336 g/mol. The molecule has 1 aliphatic heterocycles. The first-order chi connectivity index (χ1) is 13.0. The Kier molecular flexibility index (Phi) is 4.33. The zero-order valence-electron chi connectivity index (χ0n) is 16.9. The van der Waals surface area contributed by atoms with Crippen molar-refractivity contribution in [2.45, 2.75) is 59.9 Å². The van der Waals surface area contributed by atoms with Gasteiger partial charge in [0, 0.05) is 29.4 Å². The number of anilines is 1. The third kappa shape index (κ3) is 2.68. The lowest BCUT2D eigenvalue weighted by molar-refractivity contribution is 0.477. The number of nitrogens with zero attached hydrogens (tertiary/aromatic N) is 4. The van der Waals surface area contributed by atoms with E-state index in [1.807, 2.05) is 30.5 Å². The van der Waals surface area contributed by atoms with Crippen LogP contribution in [0.4, 0.5) is 5.82 Å². The predicted molar refractivity (Wildman–Crippen MR) is 110 cm³/mol. The van der Waals surface area contributed by atoms with Crippen LogP contribution in [0.1, 0.15) is 49.2 Å². The molecule has 1 N–H and O–H groups in total. The molecule has 0 radical (unpaired) electrons. The maximum absolute atomic E-state index is 10.6. The number of rotatable bonds is 4. The molecular formula is C22H28N4O. The van der Waals surface area contributed by atoms with E-state index in [2.05, 4.69) is 25.7 Å². The first kappa shape index (κ1) is 17.8. The van der Waals surface area contributed by atoms with E-state index in [4.69, 9.17) is 10.1 Å². The van der Waals surface area contributed by atoms with E-state index in [0.29, 0.717) is 6.04 Å². The summed E-state index contributed by atoms with van der Waals surface area (Å²) in [6.07, 6.45) is 3.25. The summed E-state index contributed by atoms with van der Waals surface area (Å²) in [6, 6.07) is 6.30. The minimum absolute atomic E-state index is 0.282. The molecule has 4 rings (SSSR count). The zero-order chi connectivity index (χ0) is 19.3. The molecule has 5 nitrogen and oxygen atoms in total. The van der Waals surface area contributed by atoms with Crippen LogP contribution in [0.25, 0.3) is 16.8 Å². The molecule has 0 amide bonds. The number of aromatic nitrogens is 3. The maximum atomic E-state index is 10.6. The van der Waals surface area contributed by atoms with Gasteiger partial charge in [-0.1, -0.05) is 26.0 Å². The smallest absolute Gasteiger partial charge is 0.165 e. The molecule has 3 heterocycles. The van der Waals surface area contributed by atoms with E-state index in [9.17, 15) is 5.11 Å². The molecule has 142 valence electrons. The fourth-order valence-electron chi connectivity index (χ4n) is 4.46. The molecule has 0 unspecified atom stereocenters. The van der Waals surface area contributed by atoms with Crippen LogP contribution in [-0.2, 0) is 6.42 Å². The van der Waals surface area contributed by atoms with Gasteiger partial charge in [-0.2, -0.15) is 9.61 Å². The highest BCUT2D eigenvalue weighted by Gasteiger charge is 2.31. The van der Waals surface area contributed by atoms with Crippen molar-refractivity contribution in [1.82, 2.24) is 14.6 Å². The first-order valence-electron chi connectivity index (χ1n) is 9.91. The molecule has 0 bridgehead atoms. The number of phenolic OH excluding ortho intramolecular Hbond substituents is 1. The van der Waals surface area contributed by atoms with Crippen LogP contribution in [0.3, 0.4) is 0 Å². The standard InChI is InChI=1S/C22H28N4O/c1-6-16(7-2)25-11-10-17-14(4)23-21-20(15(5)24-26(21)22(17)25)18-9-8-13(3)12-19(18)27/h8-9,12,16,27H,6-7,10-11H2,1-5H3. The van der Waals surface area contributed by atoms with Crippen LogP contribution < -0.4 is 4.90 Å². The van der Waals surface area contributed by atoms with Gasteiger partial charge in [-0.15, -0.1) is 0 Å². The summed E-state index contributed by atoms with van der Waals surface area (Å²) in [6.45, 7) is 11.6. The predicted octanol–water partition coefficient (Wildman–Crippen LogP) is 4.58. The largest absolute Gasteiger partial charge is 0.507 e. The number of aryl methyl sites for hydroxylation is 3.